The third-order valence-electron chi connectivity index (χ3n) is 3.30. The summed E-state index contributed by atoms with van der Waals surface area (Å²) in [5, 5.41) is 3.33. The Labute approximate surface area is 113 Å². The van der Waals surface area contributed by atoms with E-state index in [0.29, 0.717) is 6.54 Å². The monoisotopic (exact) mass is 269 g/mol. The highest BCUT2D eigenvalue weighted by Gasteiger charge is 2.33. The van der Waals surface area contributed by atoms with Crippen LogP contribution in [-0.2, 0) is 10.2 Å². The number of hydrogen-bond donors (Lipinski definition) is 1. The fourth-order valence-corrected chi connectivity index (χ4v) is 3.18. The maximum absolute atomic E-state index is 5.81. The molecule has 1 saturated heterocycles. The molecule has 2 N–H and O–H groups in total. The van der Waals surface area contributed by atoms with Crippen molar-refractivity contribution in [2.75, 3.05) is 26.7 Å². The van der Waals surface area contributed by atoms with E-state index in [-0.39, 0.29) is 17.6 Å². The molecule has 0 bridgehead atoms. The second kappa shape index (κ2) is 5.25. The van der Waals surface area contributed by atoms with Crippen LogP contribution >= 0.6 is 11.3 Å². The summed E-state index contributed by atoms with van der Waals surface area (Å²) in [7, 11) is 2.12. The minimum absolute atomic E-state index is 0.0543. The topological polar surface area (TPSA) is 51.4 Å². The Morgan fingerprint density at radius 2 is 2.28 bits per heavy atom. The zero-order valence-corrected chi connectivity index (χ0v) is 12.5. The predicted molar refractivity (Wildman–Crippen MR) is 75.0 cm³/mol. The lowest BCUT2D eigenvalue weighted by Gasteiger charge is -2.37. The van der Waals surface area contributed by atoms with Crippen LogP contribution in [0.3, 0.4) is 0 Å². The number of thiazole rings is 1. The third-order valence-corrected chi connectivity index (χ3v) is 4.59. The molecule has 0 aliphatic carbocycles. The Bertz CT molecular complexity index is 399. The van der Waals surface area contributed by atoms with Crippen LogP contribution in [0.1, 0.15) is 37.5 Å². The number of nitrogens with zero attached hydrogens (tertiary/aromatic N) is 2. The van der Waals surface area contributed by atoms with Crippen LogP contribution in [0.4, 0.5) is 0 Å². The van der Waals surface area contributed by atoms with Crippen molar-refractivity contribution in [2.24, 2.45) is 5.73 Å². The largest absolute Gasteiger partial charge is 0.374 e. The van der Waals surface area contributed by atoms with Crippen molar-refractivity contribution in [3.05, 3.63) is 16.1 Å². The second-order valence-electron chi connectivity index (χ2n) is 5.90. The molecule has 2 atom stereocenters. The van der Waals surface area contributed by atoms with Crippen LogP contribution in [0.2, 0.25) is 0 Å². The van der Waals surface area contributed by atoms with Gasteiger partial charge in [0.25, 0.3) is 0 Å². The van der Waals surface area contributed by atoms with Crippen LogP contribution in [0.5, 0.6) is 0 Å². The first kappa shape index (κ1) is 13.9. The molecule has 1 fully saturated rings. The quantitative estimate of drug-likeness (QED) is 0.889. The smallest absolute Gasteiger partial charge is 0.0982 e. The van der Waals surface area contributed by atoms with Crippen molar-refractivity contribution in [3.63, 3.8) is 0 Å². The van der Waals surface area contributed by atoms with Crippen molar-refractivity contribution < 1.29 is 4.74 Å². The number of likely N-dealkylation sites (N-methyl/N-ethyl adjacent to an activating group) is 1. The van der Waals surface area contributed by atoms with E-state index in [9.17, 15) is 0 Å². The molecular weight excluding hydrogens is 246 g/mol. The molecule has 2 heterocycles. The average Bonchev–Trinajstić information content (AvgIpc) is 2.77. The molecule has 1 aliphatic rings. The van der Waals surface area contributed by atoms with Crippen LogP contribution in [0.25, 0.3) is 0 Å². The van der Waals surface area contributed by atoms with E-state index in [0.717, 1.165) is 18.8 Å². The van der Waals surface area contributed by atoms with Crippen molar-refractivity contribution in [3.8, 4) is 0 Å². The van der Waals surface area contributed by atoms with Crippen LogP contribution in [0.15, 0.2) is 5.38 Å². The zero-order valence-electron chi connectivity index (χ0n) is 11.6. The molecule has 0 aromatic carbocycles. The molecule has 2 rings (SSSR count). The summed E-state index contributed by atoms with van der Waals surface area (Å²) in [6.45, 7) is 8.80. The van der Waals surface area contributed by atoms with Crippen molar-refractivity contribution in [1.29, 1.82) is 0 Å². The maximum Gasteiger partial charge on any atom is 0.0982 e. The summed E-state index contributed by atoms with van der Waals surface area (Å²) in [6.07, 6.45) is 0.0543. The van der Waals surface area contributed by atoms with Crippen molar-refractivity contribution >= 4 is 11.3 Å². The van der Waals surface area contributed by atoms with Gasteiger partial charge in [0.2, 0.25) is 0 Å². The Balaban J connectivity index is 2.25. The molecule has 1 aromatic heterocycles. The van der Waals surface area contributed by atoms with Gasteiger partial charge in [0, 0.05) is 23.9 Å². The van der Waals surface area contributed by atoms with E-state index in [1.807, 2.05) is 0 Å². The fourth-order valence-electron chi connectivity index (χ4n) is 2.24. The number of nitrogens with two attached hydrogens (primary N) is 1. The first-order valence-corrected chi connectivity index (χ1v) is 7.29. The Morgan fingerprint density at radius 1 is 1.56 bits per heavy atom. The first-order chi connectivity index (χ1) is 8.43. The van der Waals surface area contributed by atoms with Crippen LogP contribution in [0, 0.1) is 0 Å². The van der Waals surface area contributed by atoms with Gasteiger partial charge in [0.15, 0.2) is 0 Å². The lowest BCUT2D eigenvalue weighted by atomic mass is 9.98. The molecule has 1 aliphatic heterocycles. The van der Waals surface area contributed by atoms with Gasteiger partial charge in [-0.05, 0) is 7.05 Å². The minimum Gasteiger partial charge on any atom is -0.374 e. The third kappa shape index (κ3) is 2.74. The number of ether oxygens (including phenoxy) is 1. The Morgan fingerprint density at radius 3 is 2.83 bits per heavy atom. The van der Waals surface area contributed by atoms with Crippen molar-refractivity contribution in [2.45, 2.75) is 38.3 Å². The average molecular weight is 269 g/mol. The Hall–Kier alpha value is -0.490. The summed E-state index contributed by atoms with van der Waals surface area (Å²) in [6, 6.07) is 0.191. The molecule has 1 aromatic rings. The van der Waals surface area contributed by atoms with Gasteiger partial charge >= 0.3 is 0 Å². The van der Waals surface area contributed by atoms with E-state index in [2.05, 4.69) is 38.1 Å². The van der Waals surface area contributed by atoms with E-state index in [1.165, 1.54) is 5.01 Å². The summed E-state index contributed by atoms with van der Waals surface area (Å²) in [5.41, 5.74) is 7.02. The van der Waals surface area contributed by atoms with E-state index >= 15 is 0 Å². The van der Waals surface area contributed by atoms with E-state index < -0.39 is 0 Å². The van der Waals surface area contributed by atoms with Gasteiger partial charge in [0.05, 0.1) is 29.5 Å². The highest BCUT2D eigenvalue weighted by Crippen LogP contribution is 2.32. The van der Waals surface area contributed by atoms with E-state index in [1.54, 1.807) is 11.3 Å². The second-order valence-corrected chi connectivity index (χ2v) is 6.76. The fraction of sp³-hybridized carbons (Fsp3) is 0.769. The standard InChI is InChI=1S/C13H23N3OS/c1-13(2,3)12-15-9(8-18-12)11-10(7-14)17-6-5-16(11)4/h8,10-11H,5-7,14H2,1-4H3. The highest BCUT2D eigenvalue weighted by atomic mass is 32.1. The molecule has 0 radical (unpaired) electrons. The highest BCUT2D eigenvalue weighted by molar-refractivity contribution is 7.09. The summed E-state index contributed by atoms with van der Waals surface area (Å²) >= 11 is 1.73. The minimum atomic E-state index is 0.0543. The zero-order chi connectivity index (χ0) is 13.3. The number of morpholine rings is 1. The van der Waals surface area contributed by atoms with Crippen LogP contribution in [-0.4, -0.2) is 42.7 Å². The Kier molecular flexibility index (Phi) is 4.06. The van der Waals surface area contributed by atoms with E-state index in [4.69, 9.17) is 15.5 Å². The summed E-state index contributed by atoms with van der Waals surface area (Å²) in [4.78, 5) is 7.09. The van der Waals surface area contributed by atoms with Gasteiger partial charge in [-0.3, -0.25) is 4.90 Å². The molecule has 18 heavy (non-hydrogen) atoms. The number of rotatable bonds is 2. The molecule has 102 valence electrons. The number of hydrogen-bond acceptors (Lipinski definition) is 5. The van der Waals surface area contributed by atoms with Gasteiger partial charge in [-0.25, -0.2) is 4.98 Å². The molecule has 0 amide bonds. The predicted octanol–water partition coefficient (Wildman–Crippen LogP) is 1.77. The lowest BCUT2D eigenvalue weighted by Crippen LogP contribution is -2.46. The molecular formula is C13H23N3OS. The lowest BCUT2D eigenvalue weighted by molar-refractivity contribution is -0.0588. The van der Waals surface area contributed by atoms with Gasteiger partial charge in [-0.1, -0.05) is 20.8 Å². The molecule has 0 spiro atoms. The molecule has 2 unspecified atom stereocenters. The SMILES string of the molecule is CN1CCOC(CN)C1c1csc(C(C)(C)C)n1. The number of aromatic nitrogens is 1. The van der Waals surface area contributed by atoms with Gasteiger partial charge in [-0.15, -0.1) is 11.3 Å². The van der Waals surface area contributed by atoms with Gasteiger partial charge in [-0.2, -0.15) is 0 Å². The normalized spacial score (nSPS) is 26.5. The molecule has 4 nitrogen and oxygen atoms in total. The first-order valence-electron chi connectivity index (χ1n) is 6.41. The van der Waals surface area contributed by atoms with Crippen molar-refractivity contribution in [1.82, 2.24) is 9.88 Å². The molecule has 0 saturated carbocycles. The summed E-state index contributed by atoms with van der Waals surface area (Å²) < 4.78 is 5.76. The van der Waals surface area contributed by atoms with Gasteiger partial charge < -0.3 is 10.5 Å². The molecule has 5 heteroatoms. The van der Waals surface area contributed by atoms with Gasteiger partial charge in [0.1, 0.15) is 0 Å². The van der Waals surface area contributed by atoms with Crippen LogP contribution < -0.4 is 5.73 Å². The maximum atomic E-state index is 5.81. The summed E-state index contributed by atoms with van der Waals surface area (Å²) in [5.74, 6) is 0.